The van der Waals surface area contributed by atoms with Gasteiger partial charge < -0.3 is 5.32 Å². The number of hydrogen-bond acceptors (Lipinski definition) is 1. The van der Waals surface area contributed by atoms with Crippen molar-refractivity contribution in [3.63, 3.8) is 0 Å². The Morgan fingerprint density at radius 1 is 1.15 bits per heavy atom. The standard InChI is InChI=1S/C15H17F4N/c16-14(8-12-4-5-13(9-14)20-12)7-10-2-1-3-11(6-10)15(17,18)19/h1-3,6,12-13,20H,4-5,7-9H2. The zero-order valence-electron chi connectivity index (χ0n) is 11.0. The number of piperidine rings is 1. The first-order valence-corrected chi connectivity index (χ1v) is 6.95. The van der Waals surface area contributed by atoms with Crippen LogP contribution in [0.3, 0.4) is 0 Å². The molecule has 20 heavy (non-hydrogen) atoms. The van der Waals surface area contributed by atoms with Crippen molar-refractivity contribution in [2.45, 2.75) is 56.0 Å². The van der Waals surface area contributed by atoms with Gasteiger partial charge in [0, 0.05) is 18.5 Å². The van der Waals surface area contributed by atoms with E-state index < -0.39 is 17.4 Å². The van der Waals surface area contributed by atoms with Crippen LogP contribution in [0.4, 0.5) is 17.6 Å². The summed E-state index contributed by atoms with van der Waals surface area (Å²) in [6.07, 6.45) is -1.55. The molecule has 2 saturated heterocycles. The van der Waals surface area contributed by atoms with E-state index in [0.29, 0.717) is 18.4 Å². The number of fused-ring (bicyclic) bond motifs is 2. The molecule has 1 aromatic carbocycles. The van der Waals surface area contributed by atoms with Crippen molar-refractivity contribution < 1.29 is 17.6 Å². The van der Waals surface area contributed by atoms with Crippen molar-refractivity contribution in [1.82, 2.24) is 5.32 Å². The number of hydrogen-bond donors (Lipinski definition) is 1. The summed E-state index contributed by atoms with van der Waals surface area (Å²) in [5, 5.41) is 3.35. The SMILES string of the molecule is FC1(Cc2cccc(C(F)(F)F)c2)CC2CCC(C1)N2. The number of rotatable bonds is 2. The first-order chi connectivity index (χ1) is 9.34. The van der Waals surface area contributed by atoms with Gasteiger partial charge >= 0.3 is 6.18 Å². The Balaban J connectivity index is 1.77. The monoisotopic (exact) mass is 287 g/mol. The maximum absolute atomic E-state index is 14.9. The summed E-state index contributed by atoms with van der Waals surface area (Å²) in [6.45, 7) is 0. The van der Waals surface area contributed by atoms with Gasteiger partial charge in [-0.25, -0.2) is 4.39 Å². The molecule has 110 valence electrons. The van der Waals surface area contributed by atoms with Crippen molar-refractivity contribution >= 4 is 0 Å². The van der Waals surface area contributed by atoms with E-state index in [2.05, 4.69) is 5.32 Å². The summed E-state index contributed by atoms with van der Waals surface area (Å²) in [4.78, 5) is 0. The van der Waals surface area contributed by atoms with Gasteiger partial charge in [-0.2, -0.15) is 13.2 Å². The molecule has 0 aromatic heterocycles. The minimum atomic E-state index is -4.37. The third-order valence-corrected chi connectivity index (χ3v) is 4.33. The van der Waals surface area contributed by atoms with E-state index in [-0.39, 0.29) is 18.5 Å². The van der Waals surface area contributed by atoms with Crippen LogP contribution in [-0.4, -0.2) is 17.8 Å². The van der Waals surface area contributed by atoms with Crippen molar-refractivity contribution in [1.29, 1.82) is 0 Å². The van der Waals surface area contributed by atoms with E-state index in [1.807, 2.05) is 0 Å². The second-order valence-corrected chi connectivity index (χ2v) is 6.07. The summed E-state index contributed by atoms with van der Waals surface area (Å²) >= 11 is 0. The third-order valence-electron chi connectivity index (χ3n) is 4.33. The second kappa shape index (κ2) is 4.72. The average Bonchev–Trinajstić information content (AvgIpc) is 2.68. The normalized spacial score (nSPS) is 33.4. The quantitative estimate of drug-likeness (QED) is 0.814. The Bertz CT molecular complexity index is 485. The fraction of sp³-hybridized carbons (Fsp3) is 0.600. The summed E-state index contributed by atoms with van der Waals surface area (Å²) in [7, 11) is 0. The predicted molar refractivity (Wildman–Crippen MR) is 68.2 cm³/mol. The smallest absolute Gasteiger partial charge is 0.311 e. The molecule has 0 spiro atoms. The molecule has 0 aliphatic carbocycles. The molecule has 2 aliphatic rings. The molecule has 2 heterocycles. The van der Waals surface area contributed by atoms with Crippen molar-refractivity contribution in [3.05, 3.63) is 35.4 Å². The van der Waals surface area contributed by atoms with Gasteiger partial charge in [-0.15, -0.1) is 0 Å². The number of benzene rings is 1. The Kier molecular flexibility index (Phi) is 3.27. The Hall–Kier alpha value is -1.10. The van der Waals surface area contributed by atoms with E-state index in [1.165, 1.54) is 6.07 Å². The van der Waals surface area contributed by atoms with Gasteiger partial charge in [-0.3, -0.25) is 0 Å². The molecule has 2 unspecified atom stereocenters. The molecule has 3 rings (SSSR count). The zero-order chi connectivity index (χ0) is 14.4. The highest BCUT2D eigenvalue weighted by molar-refractivity contribution is 5.27. The van der Waals surface area contributed by atoms with Gasteiger partial charge in [-0.05, 0) is 37.3 Å². The van der Waals surface area contributed by atoms with Gasteiger partial charge in [0.2, 0.25) is 0 Å². The van der Waals surface area contributed by atoms with Gasteiger partial charge in [0.05, 0.1) is 5.56 Å². The maximum Gasteiger partial charge on any atom is 0.416 e. The molecule has 2 bridgehead atoms. The first kappa shape index (κ1) is 13.9. The van der Waals surface area contributed by atoms with E-state index >= 15 is 0 Å². The lowest BCUT2D eigenvalue weighted by molar-refractivity contribution is -0.137. The fourth-order valence-electron chi connectivity index (χ4n) is 3.56. The van der Waals surface area contributed by atoms with Crippen molar-refractivity contribution in [2.75, 3.05) is 0 Å². The van der Waals surface area contributed by atoms with Crippen LogP contribution in [0.5, 0.6) is 0 Å². The van der Waals surface area contributed by atoms with Gasteiger partial charge in [0.1, 0.15) is 5.67 Å². The predicted octanol–water partition coefficient (Wildman–Crippen LogP) is 3.87. The Morgan fingerprint density at radius 2 is 1.80 bits per heavy atom. The minimum absolute atomic E-state index is 0.0750. The van der Waals surface area contributed by atoms with Crippen LogP contribution in [0, 0.1) is 0 Å². The van der Waals surface area contributed by atoms with E-state index in [0.717, 1.165) is 25.0 Å². The van der Waals surface area contributed by atoms with Crippen LogP contribution >= 0.6 is 0 Å². The highest BCUT2D eigenvalue weighted by atomic mass is 19.4. The Morgan fingerprint density at radius 3 is 2.40 bits per heavy atom. The Labute approximate surface area is 115 Å². The minimum Gasteiger partial charge on any atom is -0.311 e. The molecule has 0 saturated carbocycles. The average molecular weight is 287 g/mol. The van der Waals surface area contributed by atoms with Crippen LogP contribution in [0.2, 0.25) is 0 Å². The van der Waals surface area contributed by atoms with E-state index in [4.69, 9.17) is 0 Å². The second-order valence-electron chi connectivity index (χ2n) is 6.07. The van der Waals surface area contributed by atoms with E-state index in [1.54, 1.807) is 6.07 Å². The maximum atomic E-state index is 14.9. The number of nitrogens with one attached hydrogen (secondary N) is 1. The molecular formula is C15H17F4N. The van der Waals surface area contributed by atoms with Gasteiger partial charge in [0.25, 0.3) is 0 Å². The van der Waals surface area contributed by atoms with Crippen LogP contribution in [0.15, 0.2) is 24.3 Å². The molecular weight excluding hydrogens is 270 g/mol. The summed E-state index contributed by atoms with van der Waals surface area (Å²) in [5.74, 6) is 0. The first-order valence-electron chi connectivity index (χ1n) is 6.95. The van der Waals surface area contributed by atoms with Crippen LogP contribution in [-0.2, 0) is 12.6 Å². The molecule has 2 atom stereocenters. The van der Waals surface area contributed by atoms with Crippen molar-refractivity contribution in [3.8, 4) is 0 Å². The largest absolute Gasteiger partial charge is 0.416 e. The number of halogens is 4. The summed E-state index contributed by atoms with van der Waals surface area (Å²) < 4.78 is 52.9. The lowest BCUT2D eigenvalue weighted by Crippen LogP contribution is -2.47. The fourth-order valence-corrected chi connectivity index (χ4v) is 3.56. The molecule has 1 aromatic rings. The van der Waals surface area contributed by atoms with Crippen molar-refractivity contribution in [2.24, 2.45) is 0 Å². The van der Waals surface area contributed by atoms with E-state index in [9.17, 15) is 17.6 Å². The molecule has 0 amide bonds. The van der Waals surface area contributed by atoms with Gasteiger partial charge in [-0.1, -0.05) is 18.2 Å². The van der Waals surface area contributed by atoms with Crippen LogP contribution in [0.1, 0.15) is 36.8 Å². The zero-order valence-corrected chi connectivity index (χ0v) is 11.0. The van der Waals surface area contributed by atoms with Crippen LogP contribution in [0.25, 0.3) is 0 Å². The number of alkyl halides is 4. The topological polar surface area (TPSA) is 12.0 Å². The molecule has 1 nitrogen and oxygen atoms in total. The summed E-state index contributed by atoms with van der Waals surface area (Å²) in [6, 6.07) is 5.41. The highest BCUT2D eigenvalue weighted by Gasteiger charge is 2.44. The third kappa shape index (κ3) is 2.82. The molecule has 5 heteroatoms. The molecule has 2 fully saturated rings. The summed E-state index contributed by atoms with van der Waals surface area (Å²) in [5.41, 5.74) is -1.64. The highest BCUT2D eigenvalue weighted by Crippen LogP contribution is 2.39. The lowest BCUT2D eigenvalue weighted by Gasteiger charge is -2.35. The van der Waals surface area contributed by atoms with Gasteiger partial charge in [0.15, 0.2) is 0 Å². The lowest BCUT2D eigenvalue weighted by atomic mass is 9.84. The molecule has 2 aliphatic heterocycles. The molecule has 0 radical (unpaired) electrons. The van der Waals surface area contributed by atoms with Crippen LogP contribution < -0.4 is 5.32 Å². The molecule has 1 N–H and O–H groups in total.